The van der Waals surface area contributed by atoms with Crippen molar-refractivity contribution in [1.29, 1.82) is 0 Å². The molecule has 4 N–H and O–H groups in total. The number of carbonyl (C=O) groups is 1. The fraction of sp³-hybridized carbons (Fsp3) is 0.182. The van der Waals surface area contributed by atoms with Gasteiger partial charge in [-0.05, 0) is 42.7 Å². The first-order valence-electron chi connectivity index (χ1n) is 9.89. The van der Waals surface area contributed by atoms with E-state index >= 15 is 0 Å². The van der Waals surface area contributed by atoms with Gasteiger partial charge in [-0.15, -0.1) is 0 Å². The smallest absolute Gasteiger partial charge is 0.276 e. The summed E-state index contributed by atoms with van der Waals surface area (Å²) in [5.41, 5.74) is 10.1. The van der Waals surface area contributed by atoms with Crippen LogP contribution >= 0.6 is 0 Å². The molecule has 0 spiro atoms. The lowest BCUT2D eigenvalue weighted by Crippen LogP contribution is -2.19. The van der Waals surface area contributed by atoms with Crippen molar-refractivity contribution in [3.8, 4) is 11.1 Å². The lowest BCUT2D eigenvalue weighted by Gasteiger charge is -2.16. The van der Waals surface area contributed by atoms with Gasteiger partial charge in [0.05, 0.1) is 11.2 Å². The van der Waals surface area contributed by atoms with Crippen LogP contribution in [0.5, 0.6) is 0 Å². The molecule has 4 heterocycles. The molecule has 5 rings (SSSR count). The second kappa shape index (κ2) is 7.47. The number of amides is 1. The van der Waals surface area contributed by atoms with Crippen LogP contribution in [0.4, 0.5) is 17.2 Å². The summed E-state index contributed by atoms with van der Waals surface area (Å²) < 4.78 is 0. The minimum Gasteiger partial charge on any atom is -0.397 e. The highest BCUT2D eigenvalue weighted by Gasteiger charge is 2.17. The molecule has 1 amide bonds. The minimum absolute atomic E-state index is 0.275. The lowest BCUT2D eigenvalue weighted by atomic mass is 10.0. The molecule has 0 bridgehead atoms. The van der Waals surface area contributed by atoms with Gasteiger partial charge < -0.3 is 16.0 Å². The number of rotatable bonds is 4. The number of nitrogens with two attached hydrogens (primary N) is 1. The number of fused-ring (bicyclic) bond motifs is 1. The first-order valence-corrected chi connectivity index (χ1v) is 9.89. The van der Waals surface area contributed by atoms with Crippen molar-refractivity contribution < 1.29 is 4.79 Å². The number of carbonyl (C=O) groups excluding carboxylic acids is 1. The second-order valence-electron chi connectivity index (χ2n) is 7.39. The van der Waals surface area contributed by atoms with Gasteiger partial charge in [0, 0.05) is 54.4 Å². The van der Waals surface area contributed by atoms with E-state index in [1.54, 1.807) is 24.7 Å². The van der Waals surface area contributed by atoms with Gasteiger partial charge in [0.15, 0.2) is 5.69 Å². The molecule has 0 radical (unpaired) electrons. The zero-order chi connectivity index (χ0) is 20.5. The van der Waals surface area contributed by atoms with E-state index in [4.69, 9.17) is 5.73 Å². The summed E-state index contributed by atoms with van der Waals surface area (Å²) in [6, 6.07) is 11.3. The number of nitrogens with zero attached hydrogens (tertiary/aromatic N) is 4. The number of anilines is 3. The Balaban J connectivity index is 1.44. The molecule has 1 saturated heterocycles. The maximum absolute atomic E-state index is 13.0. The lowest BCUT2D eigenvalue weighted by molar-refractivity contribution is 0.102. The van der Waals surface area contributed by atoms with E-state index in [0.717, 1.165) is 40.9 Å². The van der Waals surface area contributed by atoms with Crippen molar-refractivity contribution >= 4 is 34.0 Å². The first kappa shape index (κ1) is 18.1. The summed E-state index contributed by atoms with van der Waals surface area (Å²) >= 11 is 0. The number of pyridine rings is 2. The van der Waals surface area contributed by atoms with Crippen LogP contribution in [0, 0.1) is 0 Å². The standard InChI is InChI=1S/C22H21N7O/c23-16-9-15(12-24-13-16)14-3-4-19-18(10-14)21(28-27-19)22(30)26-17-5-6-25-20(11-17)29-7-1-2-8-29/h3-6,9-13H,1-2,7-8,23H2,(H,27,28)(H,25,26,30). The number of hydrogen-bond acceptors (Lipinski definition) is 6. The fourth-order valence-electron chi connectivity index (χ4n) is 3.79. The molecule has 0 atom stereocenters. The summed E-state index contributed by atoms with van der Waals surface area (Å²) in [5, 5.41) is 10.9. The Bertz CT molecular complexity index is 1230. The van der Waals surface area contributed by atoms with Gasteiger partial charge in [-0.25, -0.2) is 4.98 Å². The van der Waals surface area contributed by atoms with E-state index in [-0.39, 0.29) is 5.91 Å². The van der Waals surface area contributed by atoms with E-state index in [0.29, 0.717) is 17.1 Å². The van der Waals surface area contributed by atoms with Crippen molar-refractivity contribution in [3.05, 3.63) is 60.7 Å². The Morgan fingerprint density at radius 1 is 1.07 bits per heavy atom. The van der Waals surface area contributed by atoms with Crippen LogP contribution < -0.4 is 16.0 Å². The third-order valence-electron chi connectivity index (χ3n) is 5.30. The first-order chi connectivity index (χ1) is 14.7. The minimum atomic E-state index is -0.275. The average molecular weight is 399 g/mol. The SMILES string of the molecule is Nc1cncc(-c2ccc3[nH]nc(C(=O)Nc4ccnc(N5CCCC5)c4)c3c2)c1. The van der Waals surface area contributed by atoms with Crippen LogP contribution in [0.3, 0.4) is 0 Å². The zero-order valence-electron chi connectivity index (χ0n) is 16.3. The highest BCUT2D eigenvalue weighted by molar-refractivity contribution is 6.11. The summed E-state index contributed by atoms with van der Waals surface area (Å²) in [6.07, 6.45) is 7.40. The van der Waals surface area contributed by atoms with Gasteiger partial charge >= 0.3 is 0 Å². The highest BCUT2D eigenvalue weighted by atomic mass is 16.1. The highest BCUT2D eigenvalue weighted by Crippen LogP contribution is 2.27. The van der Waals surface area contributed by atoms with Crippen molar-refractivity contribution in [2.24, 2.45) is 0 Å². The number of nitrogens with one attached hydrogen (secondary N) is 2. The summed E-state index contributed by atoms with van der Waals surface area (Å²) in [4.78, 5) is 23.8. The maximum atomic E-state index is 13.0. The van der Waals surface area contributed by atoms with E-state index in [1.165, 1.54) is 12.8 Å². The van der Waals surface area contributed by atoms with Crippen molar-refractivity contribution in [2.45, 2.75) is 12.8 Å². The number of nitrogen functional groups attached to an aromatic ring is 1. The Labute approximate surface area is 173 Å². The van der Waals surface area contributed by atoms with Crippen molar-refractivity contribution in [1.82, 2.24) is 20.2 Å². The fourth-order valence-corrected chi connectivity index (χ4v) is 3.79. The Hall–Kier alpha value is -3.94. The number of aromatic amines is 1. The van der Waals surface area contributed by atoms with Gasteiger partial charge in [-0.3, -0.25) is 14.9 Å². The molecule has 1 aliphatic rings. The molecule has 1 aliphatic heterocycles. The molecule has 8 heteroatoms. The van der Waals surface area contributed by atoms with Gasteiger partial charge in [0.25, 0.3) is 5.91 Å². The quantitative estimate of drug-likeness (QED) is 0.484. The second-order valence-corrected chi connectivity index (χ2v) is 7.39. The molecular weight excluding hydrogens is 378 g/mol. The Kier molecular flexibility index (Phi) is 4.51. The molecular formula is C22H21N7O. The van der Waals surface area contributed by atoms with Gasteiger partial charge in [-0.1, -0.05) is 6.07 Å². The number of benzene rings is 1. The summed E-state index contributed by atoms with van der Waals surface area (Å²) in [7, 11) is 0. The Morgan fingerprint density at radius 3 is 2.77 bits per heavy atom. The third kappa shape index (κ3) is 3.43. The van der Waals surface area contributed by atoms with E-state index in [2.05, 4.69) is 30.4 Å². The molecule has 4 aromatic rings. The molecule has 0 saturated carbocycles. The summed E-state index contributed by atoms with van der Waals surface area (Å²) in [5.74, 6) is 0.608. The normalized spacial score (nSPS) is 13.7. The third-order valence-corrected chi connectivity index (χ3v) is 5.30. The Morgan fingerprint density at radius 2 is 1.93 bits per heavy atom. The molecule has 3 aromatic heterocycles. The van der Waals surface area contributed by atoms with E-state index in [1.807, 2.05) is 30.3 Å². The van der Waals surface area contributed by atoms with Crippen LogP contribution in [0.25, 0.3) is 22.0 Å². The van der Waals surface area contributed by atoms with E-state index < -0.39 is 0 Å². The van der Waals surface area contributed by atoms with Crippen LogP contribution in [0.1, 0.15) is 23.3 Å². The molecule has 0 unspecified atom stereocenters. The van der Waals surface area contributed by atoms with Gasteiger partial charge in [-0.2, -0.15) is 5.10 Å². The molecule has 1 fully saturated rings. The monoisotopic (exact) mass is 399 g/mol. The van der Waals surface area contributed by atoms with Crippen LogP contribution in [0.2, 0.25) is 0 Å². The number of H-pyrrole nitrogens is 1. The molecule has 1 aromatic carbocycles. The zero-order valence-corrected chi connectivity index (χ0v) is 16.3. The molecule has 30 heavy (non-hydrogen) atoms. The maximum Gasteiger partial charge on any atom is 0.276 e. The van der Waals surface area contributed by atoms with Crippen LogP contribution in [-0.4, -0.2) is 39.2 Å². The van der Waals surface area contributed by atoms with Crippen molar-refractivity contribution in [2.75, 3.05) is 29.0 Å². The molecule has 150 valence electrons. The predicted molar refractivity (Wildman–Crippen MR) is 117 cm³/mol. The van der Waals surface area contributed by atoms with Crippen LogP contribution in [0.15, 0.2) is 55.0 Å². The van der Waals surface area contributed by atoms with Gasteiger partial charge in [0.2, 0.25) is 0 Å². The number of hydrogen-bond donors (Lipinski definition) is 3. The number of aromatic nitrogens is 4. The predicted octanol–water partition coefficient (Wildman–Crippen LogP) is 3.45. The van der Waals surface area contributed by atoms with Crippen molar-refractivity contribution in [3.63, 3.8) is 0 Å². The largest absolute Gasteiger partial charge is 0.397 e. The van der Waals surface area contributed by atoms with E-state index in [9.17, 15) is 4.79 Å². The molecule has 8 nitrogen and oxygen atoms in total. The topological polar surface area (TPSA) is 113 Å². The summed E-state index contributed by atoms with van der Waals surface area (Å²) in [6.45, 7) is 1.99. The molecule has 0 aliphatic carbocycles. The van der Waals surface area contributed by atoms with Gasteiger partial charge in [0.1, 0.15) is 5.82 Å². The average Bonchev–Trinajstić information content (AvgIpc) is 3.44. The van der Waals surface area contributed by atoms with Crippen LogP contribution in [-0.2, 0) is 0 Å².